The average molecular weight is 404 g/mol. The van der Waals surface area contributed by atoms with Gasteiger partial charge >= 0.3 is 6.36 Å². The molecule has 8 heteroatoms. The summed E-state index contributed by atoms with van der Waals surface area (Å²) in [4.78, 5) is 2.26. The summed E-state index contributed by atoms with van der Waals surface area (Å²) in [5, 5.41) is 0. The minimum Gasteiger partial charge on any atom is -0.405 e. The van der Waals surface area contributed by atoms with Crippen molar-refractivity contribution >= 4 is 28.3 Å². The molecule has 1 aromatic rings. The molecule has 0 bridgehead atoms. The number of alkyl halides is 3. The molecule has 22 heavy (non-hydrogen) atoms. The highest BCUT2D eigenvalue weighted by molar-refractivity contribution is 9.10. The van der Waals surface area contributed by atoms with E-state index in [9.17, 15) is 13.2 Å². The summed E-state index contributed by atoms with van der Waals surface area (Å²) < 4.78 is 40.9. The highest BCUT2D eigenvalue weighted by atomic mass is 79.9. The van der Waals surface area contributed by atoms with E-state index in [-0.39, 0.29) is 23.6 Å². The van der Waals surface area contributed by atoms with Gasteiger partial charge in [0, 0.05) is 13.1 Å². The Hall–Kier alpha value is -0.500. The van der Waals surface area contributed by atoms with E-state index in [1.807, 2.05) is 0 Å². The Kier molecular flexibility index (Phi) is 6.56. The first-order valence-corrected chi connectivity index (χ1v) is 7.47. The smallest absolute Gasteiger partial charge is 0.405 e. The number of hydrogen-bond acceptors (Lipinski definition) is 3. The van der Waals surface area contributed by atoms with Gasteiger partial charge in [-0.1, -0.05) is 13.0 Å². The quantitative estimate of drug-likeness (QED) is 0.827. The zero-order chi connectivity index (χ0) is 15.7. The van der Waals surface area contributed by atoms with Gasteiger partial charge in [0.2, 0.25) is 0 Å². The first kappa shape index (κ1) is 19.5. The molecule has 126 valence electrons. The minimum atomic E-state index is -4.68. The third-order valence-electron chi connectivity index (χ3n) is 3.76. The lowest BCUT2D eigenvalue weighted by Crippen LogP contribution is -2.31. The zero-order valence-corrected chi connectivity index (χ0v) is 14.5. The Bertz CT molecular complexity index is 515. The number of rotatable bonds is 4. The summed E-state index contributed by atoms with van der Waals surface area (Å²) in [6.45, 7) is 5.35. The monoisotopic (exact) mass is 402 g/mol. The van der Waals surface area contributed by atoms with Gasteiger partial charge in [0.25, 0.3) is 0 Å². The summed E-state index contributed by atoms with van der Waals surface area (Å²) in [6.07, 6.45) is -3.64. The van der Waals surface area contributed by atoms with Crippen LogP contribution in [-0.2, 0) is 6.54 Å². The van der Waals surface area contributed by atoms with Crippen molar-refractivity contribution in [1.82, 2.24) is 4.90 Å². The van der Waals surface area contributed by atoms with Crippen LogP contribution in [0.5, 0.6) is 5.75 Å². The lowest BCUT2D eigenvalue weighted by atomic mass is 9.90. The van der Waals surface area contributed by atoms with E-state index in [4.69, 9.17) is 5.73 Å². The van der Waals surface area contributed by atoms with Gasteiger partial charge < -0.3 is 10.5 Å². The van der Waals surface area contributed by atoms with Crippen LogP contribution in [0.1, 0.15) is 18.9 Å². The Morgan fingerprint density at radius 2 is 2.09 bits per heavy atom. The van der Waals surface area contributed by atoms with Crippen molar-refractivity contribution < 1.29 is 17.9 Å². The fraction of sp³-hybridized carbons (Fsp3) is 0.571. The fourth-order valence-corrected chi connectivity index (χ4v) is 3.04. The molecule has 1 fully saturated rings. The molecule has 1 saturated heterocycles. The predicted octanol–water partition coefficient (Wildman–Crippen LogP) is 3.94. The van der Waals surface area contributed by atoms with Crippen LogP contribution in [0.4, 0.5) is 13.2 Å². The molecule has 2 rings (SSSR count). The molecule has 0 aromatic heterocycles. The van der Waals surface area contributed by atoms with Crippen LogP contribution in [-0.4, -0.2) is 30.9 Å². The van der Waals surface area contributed by atoms with E-state index < -0.39 is 6.36 Å². The first-order chi connectivity index (χ1) is 9.71. The highest BCUT2D eigenvalue weighted by Crippen LogP contribution is 2.33. The van der Waals surface area contributed by atoms with Gasteiger partial charge in [-0.25, -0.2) is 0 Å². The molecule has 1 aromatic carbocycles. The Labute approximate surface area is 142 Å². The molecule has 1 aliphatic heterocycles. The molecule has 0 amide bonds. The van der Waals surface area contributed by atoms with Crippen molar-refractivity contribution in [3.8, 4) is 5.75 Å². The standard InChI is InChI=1S/C14H18BrF3N2O.ClH/c1-13(8-19)4-5-20(9-13)7-10-2-3-12(11(15)6-10)21-14(16,17)18;/h2-3,6H,4-5,7-9,19H2,1H3;1H. The maximum atomic E-state index is 12.2. The summed E-state index contributed by atoms with van der Waals surface area (Å²) in [6, 6.07) is 4.66. The Morgan fingerprint density at radius 1 is 1.41 bits per heavy atom. The highest BCUT2D eigenvalue weighted by Gasteiger charge is 2.33. The molecule has 0 radical (unpaired) electrons. The molecule has 1 atom stereocenters. The zero-order valence-electron chi connectivity index (χ0n) is 12.1. The minimum absolute atomic E-state index is 0. The summed E-state index contributed by atoms with van der Waals surface area (Å²) in [5.74, 6) is -0.223. The van der Waals surface area contributed by atoms with E-state index in [0.717, 1.165) is 25.1 Å². The van der Waals surface area contributed by atoms with Crippen molar-refractivity contribution in [2.24, 2.45) is 11.1 Å². The van der Waals surface area contributed by atoms with E-state index in [1.165, 1.54) is 6.07 Å². The summed E-state index contributed by atoms with van der Waals surface area (Å²) >= 11 is 3.12. The number of halogens is 5. The van der Waals surface area contributed by atoms with E-state index >= 15 is 0 Å². The second-order valence-corrected chi connectivity index (χ2v) is 6.64. The lowest BCUT2D eigenvalue weighted by Gasteiger charge is -2.22. The van der Waals surface area contributed by atoms with Gasteiger partial charge in [-0.3, -0.25) is 4.90 Å². The van der Waals surface area contributed by atoms with E-state index in [0.29, 0.717) is 17.6 Å². The number of ether oxygens (including phenoxy) is 1. The fourth-order valence-electron chi connectivity index (χ4n) is 2.54. The van der Waals surface area contributed by atoms with Gasteiger partial charge in [-0.2, -0.15) is 0 Å². The first-order valence-electron chi connectivity index (χ1n) is 6.67. The topological polar surface area (TPSA) is 38.5 Å². The average Bonchev–Trinajstić information content (AvgIpc) is 2.74. The molecular formula is C14H19BrClF3N2O. The van der Waals surface area contributed by atoms with Crippen LogP contribution in [0.3, 0.4) is 0 Å². The molecule has 1 heterocycles. The molecule has 0 spiro atoms. The van der Waals surface area contributed by atoms with Gasteiger partial charge in [0.05, 0.1) is 4.47 Å². The second kappa shape index (κ2) is 7.38. The van der Waals surface area contributed by atoms with Crippen molar-refractivity contribution in [1.29, 1.82) is 0 Å². The van der Waals surface area contributed by atoms with Gasteiger partial charge in [-0.05, 0) is 58.6 Å². The van der Waals surface area contributed by atoms with Crippen LogP contribution in [0, 0.1) is 5.41 Å². The van der Waals surface area contributed by atoms with Crippen molar-refractivity contribution in [2.75, 3.05) is 19.6 Å². The van der Waals surface area contributed by atoms with Gasteiger partial charge in [0.1, 0.15) is 5.75 Å². The number of nitrogens with two attached hydrogens (primary N) is 1. The normalized spacial score (nSPS) is 22.5. The third-order valence-corrected chi connectivity index (χ3v) is 4.38. The molecule has 0 aliphatic carbocycles. The largest absolute Gasteiger partial charge is 0.573 e. The van der Waals surface area contributed by atoms with Crippen molar-refractivity contribution in [3.63, 3.8) is 0 Å². The number of nitrogens with zero attached hydrogens (tertiary/aromatic N) is 1. The molecule has 0 saturated carbocycles. The van der Waals surface area contributed by atoms with Crippen molar-refractivity contribution in [3.05, 3.63) is 28.2 Å². The second-order valence-electron chi connectivity index (χ2n) is 5.79. The van der Waals surface area contributed by atoms with Crippen molar-refractivity contribution in [2.45, 2.75) is 26.3 Å². The third kappa shape index (κ3) is 5.30. The van der Waals surface area contributed by atoms with Crippen LogP contribution in [0.2, 0.25) is 0 Å². The van der Waals surface area contributed by atoms with Gasteiger partial charge in [0.15, 0.2) is 0 Å². The SMILES string of the molecule is CC1(CN)CCN(Cc2ccc(OC(F)(F)F)c(Br)c2)C1.Cl. The summed E-state index contributed by atoms with van der Waals surface area (Å²) in [7, 11) is 0. The number of benzene rings is 1. The van der Waals surface area contributed by atoms with Gasteiger partial charge in [-0.15, -0.1) is 25.6 Å². The molecule has 3 nitrogen and oxygen atoms in total. The summed E-state index contributed by atoms with van der Waals surface area (Å²) in [5.41, 5.74) is 6.85. The number of likely N-dealkylation sites (tertiary alicyclic amines) is 1. The Balaban J connectivity index is 0.00000242. The Morgan fingerprint density at radius 3 is 2.59 bits per heavy atom. The molecule has 1 unspecified atom stereocenters. The molecular weight excluding hydrogens is 385 g/mol. The van der Waals surface area contributed by atoms with E-state index in [1.54, 1.807) is 12.1 Å². The molecule has 1 aliphatic rings. The maximum Gasteiger partial charge on any atom is 0.573 e. The predicted molar refractivity (Wildman–Crippen MR) is 85.1 cm³/mol. The van der Waals surface area contributed by atoms with Crippen LogP contribution >= 0.6 is 28.3 Å². The lowest BCUT2D eigenvalue weighted by molar-refractivity contribution is -0.274. The van der Waals surface area contributed by atoms with Crippen LogP contribution < -0.4 is 10.5 Å². The van der Waals surface area contributed by atoms with Crippen LogP contribution in [0.25, 0.3) is 0 Å². The number of hydrogen-bond donors (Lipinski definition) is 1. The maximum absolute atomic E-state index is 12.2. The van der Waals surface area contributed by atoms with Crippen LogP contribution in [0.15, 0.2) is 22.7 Å². The molecule has 2 N–H and O–H groups in total. The van der Waals surface area contributed by atoms with E-state index in [2.05, 4.69) is 32.5 Å².